The van der Waals surface area contributed by atoms with Gasteiger partial charge >= 0.3 is 0 Å². The maximum Gasteiger partial charge on any atom is 0.233 e. The molecule has 2 aromatic carbocycles. The summed E-state index contributed by atoms with van der Waals surface area (Å²) in [7, 11) is 1.64. The van der Waals surface area contributed by atoms with Gasteiger partial charge in [-0.15, -0.1) is 0 Å². The van der Waals surface area contributed by atoms with Crippen LogP contribution in [0.5, 0.6) is 0 Å². The molecule has 0 saturated heterocycles. The van der Waals surface area contributed by atoms with Gasteiger partial charge in [0.25, 0.3) is 0 Å². The van der Waals surface area contributed by atoms with Crippen LogP contribution in [0.25, 0.3) is 0 Å². The molecular weight excluding hydrogens is 397 g/mol. The highest BCUT2D eigenvalue weighted by atomic mass is 35.5. The zero-order valence-corrected chi connectivity index (χ0v) is 17.3. The number of nitrogens with one attached hydrogen (secondary N) is 1. The van der Waals surface area contributed by atoms with E-state index in [0.29, 0.717) is 15.7 Å². The Bertz CT molecular complexity index is 941. The SMILES string of the molecule is Cc1[nH]c(SCC(=O)N(C)Cc2c(F)cccc2Cl)nc1Cc1ccccc1. The van der Waals surface area contributed by atoms with Gasteiger partial charge in [0.15, 0.2) is 5.16 Å². The second-order valence-corrected chi connectivity index (χ2v) is 7.89. The van der Waals surface area contributed by atoms with Crippen molar-refractivity contribution in [3.63, 3.8) is 0 Å². The maximum absolute atomic E-state index is 13.9. The van der Waals surface area contributed by atoms with Gasteiger partial charge in [-0.05, 0) is 24.6 Å². The fourth-order valence-electron chi connectivity index (χ4n) is 2.75. The van der Waals surface area contributed by atoms with Crippen molar-refractivity contribution in [3.05, 3.63) is 81.9 Å². The Morgan fingerprint density at radius 2 is 1.96 bits per heavy atom. The van der Waals surface area contributed by atoms with E-state index in [0.717, 1.165) is 17.8 Å². The topological polar surface area (TPSA) is 49.0 Å². The summed E-state index contributed by atoms with van der Waals surface area (Å²) in [5.41, 5.74) is 3.47. The number of halogens is 2. The predicted molar refractivity (Wildman–Crippen MR) is 111 cm³/mol. The highest BCUT2D eigenvalue weighted by Crippen LogP contribution is 2.22. The number of carbonyl (C=O) groups is 1. The number of nitrogens with zero attached hydrogens (tertiary/aromatic N) is 2. The van der Waals surface area contributed by atoms with Crippen LogP contribution in [0, 0.1) is 12.7 Å². The van der Waals surface area contributed by atoms with E-state index in [1.165, 1.54) is 28.3 Å². The monoisotopic (exact) mass is 417 g/mol. The Kier molecular flexibility index (Phi) is 6.75. The largest absolute Gasteiger partial charge is 0.341 e. The molecule has 0 spiro atoms. The smallest absolute Gasteiger partial charge is 0.233 e. The molecule has 28 heavy (non-hydrogen) atoms. The Hall–Kier alpha value is -2.31. The van der Waals surface area contributed by atoms with Crippen LogP contribution in [0.3, 0.4) is 0 Å². The van der Waals surface area contributed by atoms with Crippen LogP contribution in [0.4, 0.5) is 4.39 Å². The molecule has 1 heterocycles. The van der Waals surface area contributed by atoms with Crippen LogP contribution in [-0.2, 0) is 17.8 Å². The minimum atomic E-state index is -0.410. The van der Waals surface area contributed by atoms with Gasteiger partial charge in [-0.25, -0.2) is 9.37 Å². The maximum atomic E-state index is 13.9. The van der Waals surface area contributed by atoms with Crippen molar-refractivity contribution in [2.24, 2.45) is 0 Å². The van der Waals surface area contributed by atoms with E-state index < -0.39 is 5.82 Å². The van der Waals surface area contributed by atoms with Crippen molar-refractivity contribution < 1.29 is 9.18 Å². The normalized spacial score (nSPS) is 10.9. The minimum absolute atomic E-state index is 0.122. The molecule has 0 bridgehead atoms. The van der Waals surface area contributed by atoms with Crippen LogP contribution in [0.2, 0.25) is 5.02 Å². The van der Waals surface area contributed by atoms with Gasteiger partial charge in [-0.3, -0.25) is 4.79 Å². The molecular formula is C21H21ClFN3OS. The highest BCUT2D eigenvalue weighted by molar-refractivity contribution is 7.99. The molecule has 1 aromatic heterocycles. The van der Waals surface area contributed by atoms with E-state index in [2.05, 4.69) is 22.1 Å². The van der Waals surface area contributed by atoms with E-state index in [4.69, 9.17) is 11.6 Å². The summed E-state index contributed by atoms with van der Waals surface area (Å²) in [6.45, 7) is 2.10. The lowest BCUT2D eigenvalue weighted by Gasteiger charge is -2.18. The van der Waals surface area contributed by atoms with Gasteiger partial charge in [-0.1, -0.05) is 59.8 Å². The number of aromatic nitrogens is 2. The quantitative estimate of drug-likeness (QED) is 0.559. The van der Waals surface area contributed by atoms with Crippen LogP contribution >= 0.6 is 23.4 Å². The molecule has 0 aliphatic heterocycles. The summed E-state index contributed by atoms with van der Waals surface area (Å²) < 4.78 is 13.9. The molecule has 0 saturated carbocycles. The van der Waals surface area contributed by atoms with E-state index in [1.54, 1.807) is 19.2 Å². The number of H-pyrrole nitrogens is 1. The highest BCUT2D eigenvalue weighted by Gasteiger charge is 2.16. The number of aryl methyl sites for hydroxylation is 1. The van der Waals surface area contributed by atoms with Gasteiger partial charge in [0.2, 0.25) is 5.91 Å². The van der Waals surface area contributed by atoms with E-state index in [1.807, 2.05) is 25.1 Å². The van der Waals surface area contributed by atoms with Crippen molar-refractivity contribution in [3.8, 4) is 0 Å². The molecule has 7 heteroatoms. The van der Waals surface area contributed by atoms with Gasteiger partial charge in [0.1, 0.15) is 5.82 Å². The predicted octanol–water partition coefficient (Wildman–Crippen LogP) is 4.85. The fourth-order valence-corrected chi connectivity index (χ4v) is 3.85. The summed E-state index contributed by atoms with van der Waals surface area (Å²) in [6, 6.07) is 14.6. The van der Waals surface area contributed by atoms with Crippen molar-refractivity contribution in [2.45, 2.75) is 25.0 Å². The molecule has 4 nitrogen and oxygen atoms in total. The summed E-state index contributed by atoms with van der Waals surface area (Å²) in [5.74, 6) is -0.324. The second-order valence-electron chi connectivity index (χ2n) is 6.51. The number of thioether (sulfide) groups is 1. The third kappa shape index (κ3) is 5.14. The van der Waals surface area contributed by atoms with Crippen molar-refractivity contribution >= 4 is 29.3 Å². The first-order chi connectivity index (χ1) is 13.4. The van der Waals surface area contributed by atoms with Gasteiger partial charge < -0.3 is 9.88 Å². The molecule has 1 amide bonds. The summed E-state index contributed by atoms with van der Waals surface area (Å²) in [5, 5.41) is 1.02. The average Bonchev–Trinajstić information content (AvgIpc) is 3.03. The molecule has 146 valence electrons. The molecule has 3 rings (SSSR count). The lowest BCUT2D eigenvalue weighted by atomic mass is 10.1. The van der Waals surface area contributed by atoms with E-state index >= 15 is 0 Å². The lowest BCUT2D eigenvalue weighted by Crippen LogP contribution is -2.28. The van der Waals surface area contributed by atoms with E-state index in [9.17, 15) is 9.18 Å². The summed E-state index contributed by atoms with van der Waals surface area (Å²) >= 11 is 7.38. The molecule has 0 radical (unpaired) electrons. The molecule has 3 aromatic rings. The lowest BCUT2D eigenvalue weighted by molar-refractivity contribution is -0.127. The number of imidazole rings is 1. The average molecular weight is 418 g/mol. The van der Waals surface area contributed by atoms with Crippen molar-refractivity contribution in [1.29, 1.82) is 0 Å². The number of benzene rings is 2. The molecule has 0 aliphatic rings. The first kappa shape index (κ1) is 20.4. The number of carbonyl (C=O) groups excluding carboxylic acids is 1. The third-order valence-electron chi connectivity index (χ3n) is 4.39. The summed E-state index contributed by atoms with van der Waals surface area (Å²) in [4.78, 5) is 21.7. The number of aromatic amines is 1. The van der Waals surface area contributed by atoms with Gasteiger partial charge in [-0.2, -0.15) is 0 Å². The fraction of sp³-hybridized carbons (Fsp3) is 0.238. The molecule has 0 aliphatic carbocycles. The Morgan fingerprint density at radius 3 is 2.68 bits per heavy atom. The molecule has 0 atom stereocenters. The number of hydrogen-bond donors (Lipinski definition) is 1. The minimum Gasteiger partial charge on any atom is -0.341 e. The first-order valence-corrected chi connectivity index (χ1v) is 10.2. The van der Waals surface area contributed by atoms with E-state index in [-0.39, 0.29) is 18.2 Å². The summed E-state index contributed by atoms with van der Waals surface area (Å²) in [6.07, 6.45) is 0.739. The van der Waals surface area contributed by atoms with Crippen LogP contribution < -0.4 is 0 Å². The van der Waals surface area contributed by atoms with Crippen LogP contribution in [0.1, 0.15) is 22.5 Å². The zero-order chi connectivity index (χ0) is 20.1. The number of amides is 1. The Labute approximate surface area is 173 Å². The van der Waals surface area contributed by atoms with Crippen molar-refractivity contribution in [2.75, 3.05) is 12.8 Å². The zero-order valence-electron chi connectivity index (χ0n) is 15.7. The first-order valence-electron chi connectivity index (χ1n) is 8.83. The second kappa shape index (κ2) is 9.26. The number of hydrogen-bond acceptors (Lipinski definition) is 3. The van der Waals surface area contributed by atoms with Crippen LogP contribution in [-0.4, -0.2) is 33.6 Å². The molecule has 1 N–H and O–H groups in total. The standard InChI is InChI=1S/C21H21ClFN3OS/c1-14-19(11-15-7-4-3-5-8-15)25-21(24-14)28-13-20(27)26(2)12-16-17(22)9-6-10-18(16)23/h3-10H,11-13H2,1-2H3,(H,24,25). The third-order valence-corrected chi connectivity index (χ3v) is 5.61. The van der Waals surface area contributed by atoms with Crippen molar-refractivity contribution in [1.82, 2.24) is 14.9 Å². The van der Waals surface area contributed by atoms with Gasteiger partial charge in [0.05, 0.1) is 11.4 Å². The van der Waals surface area contributed by atoms with Crippen LogP contribution in [0.15, 0.2) is 53.7 Å². The molecule has 0 unspecified atom stereocenters. The Morgan fingerprint density at radius 1 is 1.21 bits per heavy atom. The molecule has 0 fully saturated rings. The number of rotatable bonds is 7. The Balaban J connectivity index is 1.58. The van der Waals surface area contributed by atoms with Gasteiger partial charge in [0, 0.05) is 36.3 Å².